The lowest BCUT2D eigenvalue weighted by molar-refractivity contribution is 0.0904. The van der Waals surface area contributed by atoms with Gasteiger partial charge in [-0.15, -0.1) is 0 Å². The van der Waals surface area contributed by atoms with Gasteiger partial charge in [0, 0.05) is 11.6 Å². The van der Waals surface area contributed by atoms with E-state index >= 15 is 0 Å². The molecule has 4 nitrogen and oxygen atoms in total. The van der Waals surface area contributed by atoms with Crippen molar-refractivity contribution in [1.82, 2.24) is 10.3 Å². The van der Waals surface area contributed by atoms with Crippen molar-refractivity contribution in [1.29, 1.82) is 0 Å². The molecule has 1 amide bonds. The molecule has 1 saturated carbocycles. The third-order valence-corrected chi connectivity index (χ3v) is 4.02. The van der Waals surface area contributed by atoms with Crippen LogP contribution < -0.4 is 11.1 Å². The Kier molecular flexibility index (Phi) is 4.64. The van der Waals surface area contributed by atoms with Crippen molar-refractivity contribution in [3.8, 4) is 0 Å². The number of hydrogen-bond acceptors (Lipinski definition) is 3. The molecule has 5 heteroatoms. The Labute approximate surface area is 118 Å². The maximum absolute atomic E-state index is 12.2. The van der Waals surface area contributed by atoms with Crippen LogP contribution >= 0.6 is 11.6 Å². The number of hydrogen-bond donors (Lipinski definition) is 2. The Morgan fingerprint density at radius 3 is 2.89 bits per heavy atom. The summed E-state index contributed by atoms with van der Waals surface area (Å²) in [5, 5.41) is 3.36. The normalized spacial score (nSPS) is 23.1. The highest BCUT2D eigenvalue weighted by atomic mass is 35.5. The molecule has 2 atom stereocenters. The summed E-state index contributed by atoms with van der Waals surface area (Å²) < 4.78 is 0. The molecule has 0 radical (unpaired) electrons. The smallest absolute Gasteiger partial charge is 0.251 e. The predicted molar refractivity (Wildman–Crippen MR) is 77.2 cm³/mol. The van der Waals surface area contributed by atoms with E-state index in [1.807, 2.05) is 0 Å². The minimum Gasteiger partial charge on any atom is -0.384 e. The Morgan fingerprint density at radius 1 is 1.47 bits per heavy atom. The lowest BCUT2D eigenvalue weighted by atomic mass is 9.83. The number of amides is 1. The summed E-state index contributed by atoms with van der Waals surface area (Å²) in [6, 6.07) is 3.38. The third kappa shape index (κ3) is 3.60. The van der Waals surface area contributed by atoms with Crippen molar-refractivity contribution < 1.29 is 4.79 Å². The van der Waals surface area contributed by atoms with Crippen LogP contribution in [0.2, 0.25) is 5.15 Å². The highest BCUT2D eigenvalue weighted by Gasteiger charge is 2.25. The van der Waals surface area contributed by atoms with Crippen molar-refractivity contribution in [2.45, 2.75) is 45.1 Å². The fourth-order valence-electron chi connectivity index (χ4n) is 2.79. The standard InChI is InChI=1S/C14H20ClN3O/c1-2-9-5-3-4-6-11(9)17-14(19)10-7-12(15)18-13(16)8-10/h7-9,11H,2-6H2,1H3,(H2,16,18)(H,17,19). The van der Waals surface area contributed by atoms with E-state index < -0.39 is 0 Å². The molecule has 0 aromatic carbocycles. The van der Waals surface area contributed by atoms with E-state index in [-0.39, 0.29) is 22.9 Å². The first-order chi connectivity index (χ1) is 9.10. The molecular weight excluding hydrogens is 262 g/mol. The molecule has 1 heterocycles. The summed E-state index contributed by atoms with van der Waals surface area (Å²) in [6.45, 7) is 2.18. The molecule has 1 aliphatic carbocycles. The number of carbonyl (C=O) groups is 1. The zero-order chi connectivity index (χ0) is 13.8. The molecule has 2 unspecified atom stereocenters. The van der Waals surface area contributed by atoms with Crippen LogP contribution in [-0.2, 0) is 0 Å². The summed E-state index contributed by atoms with van der Waals surface area (Å²) in [6.07, 6.45) is 5.79. The average molecular weight is 282 g/mol. The van der Waals surface area contributed by atoms with Gasteiger partial charge in [0.2, 0.25) is 0 Å². The minimum atomic E-state index is -0.110. The number of nitrogens with one attached hydrogen (secondary N) is 1. The number of halogens is 1. The molecule has 19 heavy (non-hydrogen) atoms. The van der Waals surface area contributed by atoms with Crippen LogP contribution in [0.3, 0.4) is 0 Å². The molecule has 0 aliphatic heterocycles. The third-order valence-electron chi connectivity index (χ3n) is 3.83. The molecule has 1 aromatic rings. The first-order valence-corrected chi connectivity index (χ1v) is 7.22. The van der Waals surface area contributed by atoms with Gasteiger partial charge in [-0.3, -0.25) is 4.79 Å². The van der Waals surface area contributed by atoms with Gasteiger partial charge in [-0.1, -0.05) is 37.8 Å². The van der Waals surface area contributed by atoms with E-state index in [9.17, 15) is 4.79 Å². The van der Waals surface area contributed by atoms with E-state index in [1.54, 1.807) is 12.1 Å². The average Bonchev–Trinajstić information content (AvgIpc) is 2.38. The lowest BCUT2D eigenvalue weighted by Crippen LogP contribution is -2.41. The quantitative estimate of drug-likeness (QED) is 0.837. The van der Waals surface area contributed by atoms with Crippen LogP contribution in [0.5, 0.6) is 0 Å². The summed E-state index contributed by atoms with van der Waals surface area (Å²) in [5.41, 5.74) is 6.09. The predicted octanol–water partition coefficient (Wildman–Crippen LogP) is 3.02. The highest BCUT2D eigenvalue weighted by Crippen LogP contribution is 2.27. The van der Waals surface area contributed by atoms with E-state index in [2.05, 4.69) is 17.2 Å². The number of nitrogens with zero attached hydrogens (tertiary/aromatic N) is 1. The van der Waals surface area contributed by atoms with Crippen molar-refractivity contribution in [2.24, 2.45) is 5.92 Å². The first kappa shape index (κ1) is 14.1. The Bertz CT molecular complexity index is 444. The molecule has 3 N–H and O–H groups in total. The van der Waals surface area contributed by atoms with Crippen LogP contribution in [0.4, 0.5) is 5.82 Å². The summed E-state index contributed by atoms with van der Waals surface area (Å²) in [5.74, 6) is 0.738. The van der Waals surface area contributed by atoms with Gasteiger partial charge in [-0.05, 0) is 30.9 Å². The number of nitrogens with two attached hydrogens (primary N) is 1. The zero-order valence-corrected chi connectivity index (χ0v) is 11.9. The number of aromatic nitrogens is 1. The lowest BCUT2D eigenvalue weighted by Gasteiger charge is -2.31. The number of nitrogen functional groups attached to an aromatic ring is 1. The van der Waals surface area contributed by atoms with Crippen molar-refractivity contribution in [2.75, 3.05) is 5.73 Å². The second-order valence-electron chi connectivity index (χ2n) is 5.14. The Balaban J connectivity index is 2.07. The van der Waals surface area contributed by atoms with Gasteiger partial charge in [0.15, 0.2) is 0 Å². The molecule has 104 valence electrons. The van der Waals surface area contributed by atoms with E-state index in [0.717, 1.165) is 12.8 Å². The molecule has 1 aromatic heterocycles. The fraction of sp³-hybridized carbons (Fsp3) is 0.571. The van der Waals surface area contributed by atoms with E-state index in [4.69, 9.17) is 17.3 Å². The van der Waals surface area contributed by atoms with Crippen LogP contribution in [-0.4, -0.2) is 16.9 Å². The van der Waals surface area contributed by atoms with Crippen LogP contribution in [0.25, 0.3) is 0 Å². The largest absolute Gasteiger partial charge is 0.384 e. The van der Waals surface area contributed by atoms with Gasteiger partial charge >= 0.3 is 0 Å². The van der Waals surface area contributed by atoms with Gasteiger partial charge in [0.25, 0.3) is 5.91 Å². The maximum Gasteiger partial charge on any atom is 0.251 e. The molecule has 1 fully saturated rings. The molecular formula is C14H20ClN3O. The second-order valence-corrected chi connectivity index (χ2v) is 5.52. The molecule has 1 aliphatic rings. The van der Waals surface area contributed by atoms with Crippen LogP contribution in [0.15, 0.2) is 12.1 Å². The van der Waals surface area contributed by atoms with Crippen molar-refractivity contribution in [3.05, 3.63) is 22.8 Å². The monoisotopic (exact) mass is 281 g/mol. The first-order valence-electron chi connectivity index (χ1n) is 6.84. The van der Waals surface area contributed by atoms with Crippen LogP contribution in [0.1, 0.15) is 49.4 Å². The van der Waals surface area contributed by atoms with E-state index in [0.29, 0.717) is 11.5 Å². The van der Waals surface area contributed by atoms with Gasteiger partial charge in [-0.25, -0.2) is 4.98 Å². The minimum absolute atomic E-state index is 0.110. The second kappa shape index (κ2) is 6.24. The van der Waals surface area contributed by atoms with E-state index in [1.165, 1.54) is 19.3 Å². The highest BCUT2D eigenvalue weighted by molar-refractivity contribution is 6.29. The Morgan fingerprint density at radius 2 is 2.21 bits per heavy atom. The molecule has 0 bridgehead atoms. The topological polar surface area (TPSA) is 68.0 Å². The van der Waals surface area contributed by atoms with Crippen molar-refractivity contribution in [3.63, 3.8) is 0 Å². The van der Waals surface area contributed by atoms with Gasteiger partial charge in [0.05, 0.1) is 0 Å². The summed E-state index contributed by atoms with van der Waals surface area (Å²) >= 11 is 5.82. The summed E-state index contributed by atoms with van der Waals surface area (Å²) in [7, 11) is 0. The molecule has 0 spiro atoms. The van der Waals surface area contributed by atoms with Gasteiger partial charge < -0.3 is 11.1 Å². The number of rotatable bonds is 3. The van der Waals surface area contributed by atoms with Gasteiger partial charge in [-0.2, -0.15) is 0 Å². The van der Waals surface area contributed by atoms with Gasteiger partial charge in [0.1, 0.15) is 11.0 Å². The number of anilines is 1. The fourth-order valence-corrected chi connectivity index (χ4v) is 3.00. The SMILES string of the molecule is CCC1CCCCC1NC(=O)c1cc(N)nc(Cl)c1. The number of carbonyl (C=O) groups excluding carboxylic acids is 1. The summed E-state index contributed by atoms with van der Waals surface area (Å²) in [4.78, 5) is 16.1. The zero-order valence-electron chi connectivity index (χ0n) is 11.2. The Hall–Kier alpha value is -1.29. The maximum atomic E-state index is 12.2. The van der Waals surface area contributed by atoms with Crippen LogP contribution in [0, 0.1) is 5.92 Å². The molecule has 0 saturated heterocycles. The van der Waals surface area contributed by atoms with Crippen molar-refractivity contribution >= 4 is 23.3 Å². The number of pyridine rings is 1. The molecule has 2 rings (SSSR count).